The summed E-state index contributed by atoms with van der Waals surface area (Å²) in [4.78, 5) is 11.9. The Hall–Kier alpha value is -1.51. The number of Topliss-reactive ketones (excluding diaryl/α,β-unsaturated/α-hetero) is 1. The van der Waals surface area contributed by atoms with Crippen LogP contribution in [-0.4, -0.2) is 16.5 Å². The van der Waals surface area contributed by atoms with Crippen LogP contribution >= 0.6 is 0 Å². The monoisotopic (exact) mass is 206 g/mol. The van der Waals surface area contributed by atoms with Gasteiger partial charge in [-0.3, -0.25) is 4.79 Å². The molecule has 2 aliphatic rings. The van der Waals surface area contributed by atoms with E-state index in [1.54, 1.807) is 0 Å². The fraction of sp³-hybridized carbons (Fsp3) is 0.417. The smallest absolute Gasteiger partial charge is 0.151 e. The van der Waals surface area contributed by atoms with Gasteiger partial charge >= 0.3 is 0 Å². The van der Waals surface area contributed by atoms with E-state index in [1.807, 2.05) is 13.8 Å². The molecule has 15 heavy (non-hydrogen) atoms. The lowest BCUT2D eigenvalue weighted by Crippen LogP contribution is -2.40. The normalized spacial score (nSPS) is 28.8. The fourth-order valence-corrected chi connectivity index (χ4v) is 2.06. The molecule has 0 aromatic rings. The molecule has 0 amide bonds. The molecular formula is C12H14O3. The van der Waals surface area contributed by atoms with Gasteiger partial charge in [-0.1, -0.05) is 6.58 Å². The zero-order chi connectivity index (χ0) is 11.2. The van der Waals surface area contributed by atoms with Crippen LogP contribution in [0.4, 0.5) is 0 Å². The standard InChI is InChI=1S/C12H14O3/c1-7-4-8(13)5-10-11(7)9(14)6-12(2,3)15-10/h4-5,11,13H,1,6H2,2-3H3. The van der Waals surface area contributed by atoms with Crippen molar-refractivity contribution in [1.29, 1.82) is 0 Å². The van der Waals surface area contributed by atoms with Gasteiger partial charge < -0.3 is 9.84 Å². The van der Waals surface area contributed by atoms with Crippen molar-refractivity contribution >= 4 is 5.78 Å². The number of ketones is 1. The molecule has 1 unspecified atom stereocenters. The molecule has 1 aliphatic carbocycles. The Labute approximate surface area is 88.7 Å². The Bertz CT molecular complexity index is 399. The van der Waals surface area contributed by atoms with Crippen LogP contribution in [0.1, 0.15) is 20.3 Å². The second kappa shape index (κ2) is 2.99. The molecule has 0 aromatic heterocycles. The van der Waals surface area contributed by atoms with Gasteiger partial charge in [0.2, 0.25) is 0 Å². The van der Waals surface area contributed by atoms with E-state index >= 15 is 0 Å². The van der Waals surface area contributed by atoms with E-state index in [9.17, 15) is 9.90 Å². The van der Waals surface area contributed by atoms with E-state index in [1.165, 1.54) is 12.2 Å². The highest BCUT2D eigenvalue weighted by atomic mass is 16.5. The van der Waals surface area contributed by atoms with Crippen molar-refractivity contribution in [2.45, 2.75) is 25.9 Å². The Kier molecular flexibility index (Phi) is 2.00. The Morgan fingerprint density at radius 1 is 1.53 bits per heavy atom. The van der Waals surface area contributed by atoms with Crippen LogP contribution in [0.2, 0.25) is 0 Å². The first kappa shape index (κ1) is 10.0. The molecule has 0 bridgehead atoms. The number of carbonyl (C=O) groups excluding carboxylic acids is 1. The topological polar surface area (TPSA) is 46.5 Å². The predicted octanol–water partition coefficient (Wildman–Crippen LogP) is 2.27. The van der Waals surface area contributed by atoms with Crippen LogP contribution in [0.5, 0.6) is 0 Å². The van der Waals surface area contributed by atoms with E-state index in [4.69, 9.17) is 4.74 Å². The van der Waals surface area contributed by atoms with Gasteiger partial charge in [0.25, 0.3) is 0 Å². The minimum absolute atomic E-state index is 0.0942. The molecule has 1 aliphatic heterocycles. The highest BCUT2D eigenvalue weighted by Crippen LogP contribution is 2.38. The van der Waals surface area contributed by atoms with Gasteiger partial charge in [-0.05, 0) is 25.5 Å². The van der Waals surface area contributed by atoms with Crippen molar-refractivity contribution in [3.05, 3.63) is 35.8 Å². The molecule has 2 rings (SSSR count). The molecular weight excluding hydrogens is 192 g/mol. The predicted molar refractivity (Wildman–Crippen MR) is 56.2 cm³/mol. The minimum atomic E-state index is -0.489. The van der Waals surface area contributed by atoms with Crippen molar-refractivity contribution in [3.8, 4) is 0 Å². The van der Waals surface area contributed by atoms with Gasteiger partial charge in [0.15, 0.2) is 5.78 Å². The summed E-state index contributed by atoms with van der Waals surface area (Å²) in [6.07, 6.45) is 3.38. The molecule has 1 heterocycles. The molecule has 1 N–H and O–H groups in total. The molecule has 1 saturated heterocycles. The molecule has 80 valence electrons. The lowest BCUT2D eigenvalue weighted by Gasteiger charge is -2.37. The number of carbonyl (C=O) groups is 1. The lowest BCUT2D eigenvalue weighted by atomic mass is 9.81. The molecule has 1 fully saturated rings. The number of hydrogen-bond acceptors (Lipinski definition) is 3. The van der Waals surface area contributed by atoms with Crippen LogP contribution in [0.25, 0.3) is 0 Å². The van der Waals surface area contributed by atoms with Gasteiger partial charge in [0, 0.05) is 12.5 Å². The SMILES string of the molecule is C=C1C=C(O)C=C2OC(C)(C)CC(=O)C12. The highest BCUT2D eigenvalue weighted by molar-refractivity contribution is 5.89. The van der Waals surface area contributed by atoms with Crippen LogP contribution in [0, 0.1) is 5.92 Å². The first-order valence-corrected chi connectivity index (χ1v) is 4.92. The van der Waals surface area contributed by atoms with Crippen molar-refractivity contribution in [1.82, 2.24) is 0 Å². The van der Waals surface area contributed by atoms with Crippen molar-refractivity contribution in [3.63, 3.8) is 0 Å². The number of aliphatic hydroxyl groups is 1. The molecule has 0 spiro atoms. The Balaban J connectivity index is 2.41. The maximum absolute atomic E-state index is 11.9. The van der Waals surface area contributed by atoms with Crippen LogP contribution in [0.15, 0.2) is 35.8 Å². The number of rotatable bonds is 0. The largest absolute Gasteiger partial charge is 0.508 e. The minimum Gasteiger partial charge on any atom is -0.508 e. The van der Waals surface area contributed by atoms with E-state index in [-0.39, 0.29) is 11.5 Å². The van der Waals surface area contributed by atoms with Crippen LogP contribution in [0.3, 0.4) is 0 Å². The summed E-state index contributed by atoms with van der Waals surface area (Å²) in [6, 6.07) is 0. The van der Waals surface area contributed by atoms with Crippen LogP contribution in [-0.2, 0) is 9.53 Å². The summed E-state index contributed by atoms with van der Waals surface area (Å²) in [7, 11) is 0. The molecule has 0 saturated carbocycles. The third-order valence-corrected chi connectivity index (χ3v) is 2.59. The Morgan fingerprint density at radius 2 is 2.20 bits per heavy atom. The average Bonchev–Trinajstić information content (AvgIpc) is 1.97. The zero-order valence-electron chi connectivity index (χ0n) is 8.91. The lowest BCUT2D eigenvalue weighted by molar-refractivity contribution is -0.133. The molecule has 0 aromatic carbocycles. The summed E-state index contributed by atoms with van der Waals surface area (Å²) in [5.74, 6) is 0.318. The number of hydrogen-bond donors (Lipinski definition) is 1. The highest BCUT2D eigenvalue weighted by Gasteiger charge is 2.40. The number of aliphatic hydroxyl groups excluding tert-OH is 1. The molecule has 3 heteroatoms. The summed E-state index contributed by atoms with van der Waals surface area (Å²) in [6.45, 7) is 7.49. The van der Waals surface area contributed by atoms with Gasteiger partial charge in [0.1, 0.15) is 17.1 Å². The summed E-state index contributed by atoms with van der Waals surface area (Å²) >= 11 is 0. The van der Waals surface area contributed by atoms with E-state index < -0.39 is 11.5 Å². The fourth-order valence-electron chi connectivity index (χ4n) is 2.06. The number of ether oxygens (including phenoxy) is 1. The third kappa shape index (κ3) is 1.69. The molecule has 3 nitrogen and oxygen atoms in total. The van der Waals surface area contributed by atoms with E-state index in [0.717, 1.165) is 0 Å². The van der Waals surface area contributed by atoms with Crippen molar-refractivity contribution < 1.29 is 14.6 Å². The maximum Gasteiger partial charge on any atom is 0.151 e. The summed E-state index contributed by atoms with van der Waals surface area (Å²) < 4.78 is 5.67. The molecule has 0 radical (unpaired) electrons. The van der Waals surface area contributed by atoms with Crippen molar-refractivity contribution in [2.75, 3.05) is 0 Å². The first-order valence-electron chi connectivity index (χ1n) is 4.92. The second-order valence-electron chi connectivity index (χ2n) is 4.63. The summed E-state index contributed by atoms with van der Waals surface area (Å²) in [5.41, 5.74) is 0.114. The zero-order valence-corrected chi connectivity index (χ0v) is 8.91. The van der Waals surface area contributed by atoms with Crippen molar-refractivity contribution in [2.24, 2.45) is 5.92 Å². The third-order valence-electron chi connectivity index (χ3n) is 2.59. The maximum atomic E-state index is 11.9. The van der Waals surface area contributed by atoms with Gasteiger partial charge in [-0.25, -0.2) is 0 Å². The van der Waals surface area contributed by atoms with Gasteiger partial charge in [-0.15, -0.1) is 0 Å². The number of fused-ring (bicyclic) bond motifs is 1. The van der Waals surface area contributed by atoms with E-state index in [2.05, 4.69) is 6.58 Å². The van der Waals surface area contributed by atoms with Crippen LogP contribution < -0.4 is 0 Å². The average molecular weight is 206 g/mol. The Morgan fingerprint density at radius 3 is 2.87 bits per heavy atom. The van der Waals surface area contributed by atoms with E-state index in [0.29, 0.717) is 17.8 Å². The first-order chi connectivity index (χ1) is 6.89. The molecule has 1 atom stereocenters. The van der Waals surface area contributed by atoms with Gasteiger partial charge in [-0.2, -0.15) is 0 Å². The quantitative estimate of drug-likeness (QED) is 0.661. The van der Waals surface area contributed by atoms with Gasteiger partial charge in [0.05, 0.1) is 5.92 Å². The summed E-state index contributed by atoms with van der Waals surface area (Å²) in [5, 5.41) is 9.41. The number of allylic oxidation sites excluding steroid dienone is 3. The second-order valence-corrected chi connectivity index (χ2v) is 4.63.